The number of fused-ring (bicyclic) bond motifs is 4. The molecule has 0 N–H and O–H groups in total. The molecule has 0 saturated heterocycles. The van der Waals surface area contributed by atoms with E-state index in [1.807, 2.05) is 0 Å². The van der Waals surface area contributed by atoms with Gasteiger partial charge in [0.15, 0.2) is 5.75 Å². The van der Waals surface area contributed by atoms with E-state index in [1.54, 1.807) is 0 Å². The molecule has 6 aromatic carbocycles. The van der Waals surface area contributed by atoms with Crippen LogP contribution in [0.25, 0.3) is 21.9 Å². The molecule has 5 aliphatic carbocycles. The van der Waals surface area contributed by atoms with E-state index < -0.39 is 0 Å². The van der Waals surface area contributed by atoms with Gasteiger partial charge in [-0.3, -0.25) is 0 Å². The number of benzene rings is 6. The van der Waals surface area contributed by atoms with Crippen LogP contribution < -0.4 is 9.64 Å². The molecule has 0 unspecified atom stereocenters. The van der Waals surface area contributed by atoms with Gasteiger partial charge in [-0.15, -0.1) is 0 Å². The maximum absolute atomic E-state index is 7.29. The van der Waals surface area contributed by atoms with Gasteiger partial charge < -0.3 is 9.64 Å². The van der Waals surface area contributed by atoms with Crippen LogP contribution in [0.1, 0.15) is 94.9 Å². The van der Waals surface area contributed by atoms with E-state index in [-0.39, 0.29) is 16.2 Å². The molecule has 4 saturated carbocycles. The molecule has 2 heteroatoms. The van der Waals surface area contributed by atoms with Crippen molar-refractivity contribution in [1.82, 2.24) is 0 Å². The van der Waals surface area contributed by atoms with E-state index in [0.717, 1.165) is 35.4 Å². The molecular weight excluding hydrogens is 655 g/mol. The van der Waals surface area contributed by atoms with E-state index in [9.17, 15) is 0 Å². The molecule has 270 valence electrons. The SMILES string of the molecule is CC1(C)CCC(C)(C)c2c(N(c3ccc(-c4ccc5ccccc5c4)cc3)c3cccc4c3Oc3ccccc3C43C4CC5CC(C4)CC3C5)cccc21. The molecule has 1 heterocycles. The molecule has 0 amide bonds. The van der Waals surface area contributed by atoms with Gasteiger partial charge in [0.05, 0.1) is 11.4 Å². The largest absolute Gasteiger partial charge is 0.455 e. The quantitative estimate of drug-likeness (QED) is 0.181. The summed E-state index contributed by atoms with van der Waals surface area (Å²) >= 11 is 0. The van der Waals surface area contributed by atoms with Crippen LogP contribution >= 0.6 is 0 Å². The molecule has 0 aromatic heterocycles. The fourth-order valence-electron chi connectivity index (χ4n) is 12.6. The van der Waals surface area contributed by atoms with Crippen molar-refractivity contribution in [3.8, 4) is 22.6 Å². The molecule has 6 aliphatic rings. The lowest BCUT2D eigenvalue weighted by Gasteiger charge is -2.63. The summed E-state index contributed by atoms with van der Waals surface area (Å²) in [4.78, 5) is 2.57. The Bertz CT molecular complexity index is 2420. The Morgan fingerprint density at radius 2 is 1.13 bits per heavy atom. The summed E-state index contributed by atoms with van der Waals surface area (Å²) in [6.07, 6.45) is 9.18. The average molecular weight is 706 g/mol. The summed E-state index contributed by atoms with van der Waals surface area (Å²) in [6, 6.07) is 48.1. The topological polar surface area (TPSA) is 12.5 Å². The average Bonchev–Trinajstić information content (AvgIpc) is 3.18. The molecule has 0 atom stereocenters. The maximum Gasteiger partial charge on any atom is 0.155 e. The van der Waals surface area contributed by atoms with E-state index in [1.165, 1.54) is 94.1 Å². The first kappa shape index (κ1) is 32.6. The number of hydrogen-bond donors (Lipinski definition) is 0. The first-order valence-corrected chi connectivity index (χ1v) is 20.6. The summed E-state index contributed by atoms with van der Waals surface area (Å²) in [5, 5.41) is 2.55. The van der Waals surface area contributed by atoms with Crippen LogP contribution in [0.3, 0.4) is 0 Å². The highest BCUT2D eigenvalue weighted by Gasteiger charge is 2.61. The maximum atomic E-state index is 7.29. The van der Waals surface area contributed by atoms with E-state index in [0.29, 0.717) is 11.8 Å². The van der Waals surface area contributed by atoms with Crippen LogP contribution in [-0.2, 0) is 16.2 Å². The fourth-order valence-corrected chi connectivity index (χ4v) is 12.6. The second kappa shape index (κ2) is 11.6. The van der Waals surface area contributed by atoms with Gasteiger partial charge in [-0.05, 0) is 149 Å². The van der Waals surface area contributed by atoms with Crippen molar-refractivity contribution in [2.75, 3.05) is 4.90 Å². The monoisotopic (exact) mass is 705 g/mol. The van der Waals surface area contributed by atoms with Gasteiger partial charge in [0.2, 0.25) is 0 Å². The van der Waals surface area contributed by atoms with Crippen LogP contribution in [0.2, 0.25) is 0 Å². The number of nitrogens with zero attached hydrogens (tertiary/aromatic N) is 1. The van der Waals surface area contributed by atoms with Crippen molar-refractivity contribution in [3.63, 3.8) is 0 Å². The Hall–Kier alpha value is -4.82. The molecule has 4 fully saturated rings. The molecule has 1 aliphatic heterocycles. The van der Waals surface area contributed by atoms with Crippen molar-refractivity contribution in [1.29, 1.82) is 0 Å². The van der Waals surface area contributed by atoms with Gasteiger partial charge in [0, 0.05) is 22.2 Å². The summed E-state index contributed by atoms with van der Waals surface area (Å²) in [7, 11) is 0. The van der Waals surface area contributed by atoms with Crippen molar-refractivity contribution in [2.24, 2.45) is 23.7 Å². The smallest absolute Gasteiger partial charge is 0.155 e. The van der Waals surface area contributed by atoms with Gasteiger partial charge in [0.25, 0.3) is 0 Å². The third-order valence-corrected chi connectivity index (χ3v) is 14.9. The minimum atomic E-state index is -0.00338. The first-order valence-electron chi connectivity index (χ1n) is 20.6. The molecule has 6 aromatic rings. The fraction of sp³-hybridized carbons (Fsp3) is 0.346. The predicted octanol–water partition coefficient (Wildman–Crippen LogP) is 14.2. The molecule has 2 nitrogen and oxygen atoms in total. The van der Waals surface area contributed by atoms with Gasteiger partial charge in [-0.2, -0.15) is 0 Å². The zero-order valence-corrected chi connectivity index (χ0v) is 32.2. The summed E-state index contributed by atoms with van der Waals surface area (Å²) in [6.45, 7) is 9.80. The molecule has 4 bridgehead atoms. The minimum Gasteiger partial charge on any atom is -0.455 e. The summed E-state index contributed by atoms with van der Waals surface area (Å²) in [5.41, 5.74) is 12.0. The van der Waals surface area contributed by atoms with Crippen LogP contribution in [0.5, 0.6) is 11.5 Å². The Kier molecular flexibility index (Phi) is 7.00. The van der Waals surface area contributed by atoms with E-state index in [4.69, 9.17) is 4.74 Å². The zero-order chi connectivity index (χ0) is 36.4. The van der Waals surface area contributed by atoms with Crippen LogP contribution in [0.4, 0.5) is 17.1 Å². The lowest BCUT2D eigenvalue weighted by Crippen LogP contribution is -2.57. The minimum absolute atomic E-state index is 0.00338. The second-order valence-corrected chi connectivity index (χ2v) is 18.8. The van der Waals surface area contributed by atoms with Crippen molar-refractivity contribution < 1.29 is 4.74 Å². The number of hydrogen-bond acceptors (Lipinski definition) is 2. The number of ether oxygens (including phenoxy) is 1. The highest BCUT2D eigenvalue weighted by molar-refractivity contribution is 5.89. The summed E-state index contributed by atoms with van der Waals surface area (Å²) < 4.78 is 7.29. The Morgan fingerprint density at radius 1 is 0.519 bits per heavy atom. The number of para-hydroxylation sites is 2. The van der Waals surface area contributed by atoms with Crippen molar-refractivity contribution in [2.45, 2.75) is 88.9 Å². The van der Waals surface area contributed by atoms with Crippen LogP contribution in [0.15, 0.2) is 127 Å². The normalized spacial score (nSPS) is 26.5. The van der Waals surface area contributed by atoms with Crippen molar-refractivity contribution >= 4 is 27.8 Å². The van der Waals surface area contributed by atoms with E-state index in [2.05, 4.69) is 160 Å². The van der Waals surface area contributed by atoms with Gasteiger partial charge in [-0.25, -0.2) is 0 Å². The van der Waals surface area contributed by atoms with Crippen LogP contribution in [-0.4, -0.2) is 0 Å². The van der Waals surface area contributed by atoms with Gasteiger partial charge in [0.1, 0.15) is 5.75 Å². The molecule has 0 radical (unpaired) electrons. The predicted molar refractivity (Wildman–Crippen MR) is 224 cm³/mol. The lowest BCUT2D eigenvalue weighted by molar-refractivity contribution is -0.0451. The number of anilines is 3. The molecule has 1 spiro atoms. The Balaban J connectivity index is 1.14. The van der Waals surface area contributed by atoms with Gasteiger partial charge in [-0.1, -0.05) is 119 Å². The van der Waals surface area contributed by atoms with E-state index >= 15 is 0 Å². The number of rotatable bonds is 4. The Labute approximate surface area is 321 Å². The first-order chi connectivity index (χ1) is 26.2. The highest BCUT2D eigenvalue weighted by Crippen LogP contribution is 2.70. The Morgan fingerprint density at radius 3 is 1.89 bits per heavy atom. The second-order valence-electron chi connectivity index (χ2n) is 18.8. The summed E-state index contributed by atoms with van der Waals surface area (Å²) in [5.74, 6) is 5.22. The lowest BCUT2D eigenvalue weighted by atomic mass is 9.42. The van der Waals surface area contributed by atoms with Crippen molar-refractivity contribution in [3.05, 3.63) is 150 Å². The molecule has 12 rings (SSSR count). The molecular formula is C52H51NO. The van der Waals surface area contributed by atoms with Gasteiger partial charge >= 0.3 is 0 Å². The third-order valence-electron chi connectivity index (χ3n) is 14.9. The molecule has 54 heavy (non-hydrogen) atoms. The van der Waals surface area contributed by atoms with Crippen LogP contribution in [0, 0.1) is 23.7 Å². The zero-order valence-electron chi connectivity index (χ0n) is 32.2. The highest BCUT2D eigenvalue weighted by atomic mass is 16.5. The third kappa shape index (κ3) is 4.64. The standard InChI is InChI=1S/C52H51NO/c1-50(2)25-26-51(3,4)48-43(50)14-9-16-45(48)53(41-23-21-36(22-24-41)38-20-19-35-11-5-6-12-37(35)32-38)46-17-10-15-44-49(46)54-47-18-8-7-13-42(47)52(44)39-28-33-27-34(30-39)31-40(52)29-33/h5-24,32-34,39-40H,25-31H2,1-4H3.